The molecule has 1 unspecified atom stereocenters. The number of rotatable bonds is 28. The first-order chi connectivity index (χ1) is 44.5. The summed E-state index contributed by atoms with van der Waals surface area (Å²) >= 11 is 6.65. The third kappa shape index (κ3) is 18.0. The second kappa shape index (κ2) is 31.6. The monoisotopic (exact) mass is 1300 g/mol. The van der Waals surface area contributed by atoms with Crippen molar-refractivity contribution >= 4 is 110 Å². The summed E-state index contributed by atoms with van der Waals surface area (Å²) in [5.41, 5.74) is 14.9. The average Bonchev–Trinajstić information content (AvgIpc) is 1.63. The second-order valence-electron chi connectivity index (χ2n) is 22.3. The van der Waals surface area contributed by atoms with Crippen LogP contribution in [0.25, 0.3) is 21.8 Å². The Morgan fingerprint density at radius 2 is 1.58 bits per heavy atom. The molecule has 0 saturated heterocycles. The lowest BCUT2D eigenvalue weighted by Crippen LogP contribution is -2.54. The van der Waals surface area contributed by atoms with Crippen LogP contribution >= 0.6 is 11.6 Å². The minimum absolute atomic E-state index is 0.0133. The van der Waals surface area contributed by atoms with Crippen LogP contribution in [0.3, 0.4) is 0 Å². The van der Waals surface area contributed by atoms with E-state index in [1.54, 1.807) is 67.3 Å². The van der Waals surface area contributed by atoms with E-state index in [2.05, 4.69) is 41.9 Å². The van der Waals surface area contributed by atoms with Crippen LogP contribution in [0.4, 0.5) is 36.2 Å². The van der Waals surface area contributed by atoms with E-state index >= 15 is 0 Å². The summed E-state index contributed by atoms with van der Waals surface area (Å²) in [5, 5.41) is 36.8. The number of phenolic OH excluding ortho intramolecular Hbond substituents is 1. The number of likely N-dealkylation sites (N-methyl/N-ethyl adjacent to an activating group) is 1. The summed E-state index contributed by atoms with van der Waals surface area (Å²) < 4.78 is 17.0. The van der Waals surface area contributed by atoms with Crippen molar-refractivity contribution in [3.8, 4) is 11.5 Å². The van der Waals surface area contributed by atoms with Gasteiger partial charge in [-0.05, 0) is 109 Å². The number of aryl methyl sites for hydroxylation is 1. The van der Waals surface area contributed by atoms with Gasteiger partial charge in [0.25, 0.3) is 23.6 Å². The Labute approximate surface area is 538 Å². The lowest BCUT2D eigenvalue weighted by Gasteiger charge is -2.26. The SMILES string of the molecule is Cc1cccc2c(OC(=O)N(CCCNC(N)=O)CCN(C)C(=O)OCc3ccc(NC(=O)[C@H](CCCNC(N)O)NC(=O)[C@@H](NC(=O)OCCN4C(=O)C=CC4=O)C(C)C)cc3)cc3c(c12)[C@H](CCl)CN3C(=O)c1cc2cc(NC(=O)c3ccc(O)cc3)cnc2[nH]1. The molecule has 0 radical (unpaired) electrons. The number of nitrogens with zero attached hydrogens (tertiary/aromatic N) is 5. The van der Waals surface area contributed by atoms with Gasteiger partial charge in [-0.3, -0.25) is 44.7 Å². The minimum atomic E-state index is -1.32. The van der Waals surface area contributed by atoms with Gasteiger partial charge in [-0.15, -0.1) is 11.6 Å². The van der Waals surface area contributed by atoms with Crippen molar-refractivity contribution in [2.45, 2.75) is 71.0 Å². The Balaban J connectivity index is 0.894. The molecule has 0 aliphatic carbocycles. The highest BCUT2D eigenvalue weighted by molar-refractivity contribution is 6.20. The second-order valence-corrected chi connectivity index (χ2v) is 22.7. The van der Waals surface area contributed by atoms with E-state index in [1.807, 2.05) is 19.1 Å². The van der Waals surface area contributed by atoms with Gasteiger partial charge in [0, 0.05) is 91.8 Å². The van der Waals surface area contributed by atoms with Crippen molar-refractivity contribution in [1.82, 2.24) is 45.9 Å². The third-order valence-corrected chi connectivity index (χ3v) is 15.6. The summed E-state index contributed by atoms with van der Waals surface area (Å²) in [4.78, 5) is 144. The Morgan fingerprint density at radius 1 is 0.849 bits per heavy atom. The van der Waals surface area contributed by atoms with E-state index in [0.29, 0.717) is 44.6 Å². The number of halogens is 1. The van der Waals surface area contributed by atoms with Crippen molar-refractivity contribution in [1.29, 1.82) is 0 Å². The van der Waals surface area contributed by atoms with E-state index in [4.69, 9.17) is 37.3 Å². The molecule has 0 saturated carbocycles. The Kier molecular flexibility index (Phi) is 23.3. The molecule has 4 atom stereocenters. The number of nitrogens with one attached hydrogen (secondary N) is 7. The van der Waals surface area contributed by atoms with Gasteiger partial charge in [-0.1, -0.05) is 44.2 Å². The van der Waals surface area contributed by atoms with Crippen LogP contribution in [0.5, 0.6) is 11.5 Å². The fraction of sp³-hybridized carbons (Fsp3) is 0.349. The number of alkyl carbamates (subject to hydrolysis) is 1. The number of primary amides is 1. The van der Waals surface area contributed by atoms with Crippen LogP contribution in [0, 0.1) is 12.8 Å². The summed E-state index contributed by atoms with van der Waals surface area (Å²) in [6.45, 7) is 4.91. The lowest BCUT2D eigenvalue weighted by atomic mass is 9.92. The van der Waals surface area contributed by atoms with Gasteiger partial charge in [-0.25, -0.2) is 24.2 Å². The van der Waals surface area contributed by atoms with Crippen LogP contribution < -0.4 is 53.0 Å². The fourth-order valence-corrected chi connectivity index (χ4v) is 10.6. The molecule has 93 heavy (non-hydrogen) atoms. The van der Waals surface area contributed by atoms with Crippen LogP contribution in [0.1, 0.15) is 76.6 Å². The molecule has 8 rings (SSSR count). The number of H-pyrrole nitrogens is 1. The molecular formula is C63H73ClN14O15. The fourth-order valence-electron chi connectivity index (χ4n) is 10.4. The highest BCUT2D eigenvalue weighted by Gasteiger charge is 2.37. The summed E-state index contributed by atoms with van der Waals surface area (Å²) in [6, 6.07) is 19.4. The number of carbonyl (C=O) groups excluding carboxylic acids is 10. The third-order valence-electron chi connectivity index (χ3n) is 15.3. The number of urea groups is 1. The molecule has 492 valence electrons. The number of anilines is 3. The number of imide groups is 1. The number of benzene rings is 4. The topological polar surface area (TPSA) is 405 Å². The number of phenols is 1. The number of carbonyl (C=O) groups is 10. The Morgan fingerprint density at radius 3 is 2.27 bits per heavy atom. The number of amides is 11. The van der Waals surface area contributed by atoms with Crippen molar-refractivity contribution in [3.05, 3.63) is 131 Å². The van der Waals surface area contributed by atoms with Crippen molar-refractivity contribution < 1.29 is 72.4 Å². The predicted octanol–water partition coefficient (Wildman–Crippen LogP) is 4.80. The molecule has 6 aromatic rings. The zero-order chi connectivity index (χ0) is 67.0. The predicted molar refractivity (Wildman–Crippen MR) is 342 cm³/mol. The van der Waals surface area contributed by atoms with Crippen LogP contribution in [-0.2, 0) is 35.3 Å². The van der Waals surface area contributed by atoms with E-state index in [9.17, 15) is 58.2 Å². The number of hydrogen-bond acceptors (Lipinski definition) is 18. The number of fused-ring (bicyclic) bond motifs is 4. The zero-order valence-electron chi connectivity index (χ0n) is 51.4. The lowest BCUT2D eigenvalue weighted by molar-refractivity contribution is -0.137. The molecule has 13 N–H and O–H groups in total. The van der Waals surface area contributed by atoms with Crippen molar-refractivity contribution in [3.63, 3.8) is 0 Å². The van der Waals surface area contributed by atoms with Crippen molar-refractivity contribution in [2.75, 3.05) is 80.9 Å². The van der Waals surface area contributed by atoms with Gasteiger partial charge < -0.3 is 76.4 Å². The van der Waals surface area contributed by atoms with Crippen LogP contribution in [0.15, 0.2) is 103 Å². The molecule has 29 nitrogen and oxygen atoms in total. The first kappa shape index (κ1) is 68.5. The highest BCUT2D eigenvalue weighted by atomic mass is 35.5. The molecule has 2 aromatic heterocycles. The number of ether oxygens (including phenoxy) is 3. The molecule has 2 aliphatic rings. The Bertz CT molecular complexity index is 3790. The number of nitrogens with two attached hydrogens (primary N) is 2. The molecule has 4 aromatic carbocycles. The molecular weight excluding hydrogens is 1230 g/mol. The quantitative estimate of drug-likeness (QED) is 0.0136. The number of aromatic hydroxyl groups is 1. The number of aromatic amines is 1. The number of aliphatic hydroxyl groups is 1. The molecule has 11 amide bonds. The molecule has 0 fully saturated rings. The van der Waals surface area contributed by atoms with Crippen molar-refractivity contribution in [2.24, 2.45) is 17.4 Å². The maximum absolute atomic E-state index is 14.6. The standard InChI is InChI=1S/C63H73ClN14O15/c1-35(2)53(74-61(88)91-27-26-77-49(80)19-20-50(77)81)57(84)73-45(10-6-21-67-59(65)86)56(83)70-41-15-11-37(12-16-41)34-92-62(89)75(4)24-25-76(23-7-22-68-60(66)87)63(90)93-48-30-47-52(51-36(3)8-5-9-44(48)51)40(31-64)33-78(47)58(85)46-29-39-28-42(32-69-54(39)72-46)71-55(82)38-13-17-43(79)18-14-38/h5,8-9,11-20,28-30,32,35,40,45,53,59,67,79,86H,6-7,10,21-27,31,33-34,65H2,1-4H3,(H,69,72)(H,70,83)(H,71,82)(H,73,84)(H,74,88)(H3,66,68,87)/t40-,45+,53+,59?/m1/s1. The summed E-state index contributed by atoms with van der Waals surface area (Å²) in [7, 11) is 1.48. The van der Waals surface area contributed by atoms with E-state index < -0.39 is 84.1 Å². The Hall–Kier alpha value is -10.4. The van der Waals surface area contributed by atoms with E-state index in [-0.39, 0.29) is 107 Å². The first-order valence-electron chi connectivity index (χ1n) is 29.7. The average molecular weight is 1300 g/mol. The van der Waals surface area contributed by atoms with Gasteiger partial charge in [0.05, 0.1) is 24.1 Å². The van der Waals surface area contributed by atoms with Gasteiger partial charge in [0.1, 0.15) is 48.1 Å². The maximum Gasteiger partial charge on any atom is 0.415 e. The normalized spacial score (nSPS) is 14.3. The molecule has 30 heteroatoms. The number of aliphatic hydroxyl groups excluding tert-OH is 1. The van der Waals surface area contributed by atoms with Gasteiger partial charge >= 0.3 is 24.3 Å². The number of aromatic nitrogens is 2. The van der Waals surface area contributed by atoms with E-state index in [0.717, 1.165) is 33.6 Å². The first-order valence-corrected chi connectivity index (χ1v) is 30.3. The number of pyridine rings is 1. The van der Waals surface area contributed by atoms with Gasteiger partial charge in [0.2, 0.25) is 11.8 Å². The van der Waals surface area contributed by atoms with Gasteiger partial charge in [0.15, 0.2) is 6.35 Å². The molecule has 2 aliphatic heterocycles. The van der Waals surface area contributed by atoms with Crippen LogP contribution in [-0.4, -0.2) is 178 Å². The molecule has 4 heterocycles. The number of hydrogen-bond donors (Lipinski definition) is 11. The smallest absolute Gasteiger partial charge is 0.415 e. The minimum Gasteiger partial charge on any atom is -0.508 e. The molecule has 0 bridgehead atoms. The highest BCUT2D eigenvalue weighted by Crippen LogP contribution is 2.47. The molecule has 0 spiro atoms. The van der Waals surface area contributed by atoms with Crippen LogP contribution in [0.2, 0.25) is 0 Å². The zero-order valence-corrected chi connectivity index (χ0v) is 52.1. The summed E-state index contributed by atoms with van der Waals surface area (Å²) in [6.07, 6.45) is 0.355. The van der Waals surface area contributed by atoms with Gasteiger partial charge in [-0.2, -0.15) is 0 Å². The largest absolute Gasteiger partial charge is 0.508 e. The number of alkyl halides is 1. The summed E-state index contributed by atoms with van der Waals surface area (Å²) in [5.74, 6) is -3.80. The maximum atomic E-state index is 14.6. The van der Waals surface area contributed by atoms with E-state index in [1.165, 1.54) is 47.3 Å².